The number of hydrogen-bond acceptors (Lipinski definition) is 5. The molecule has 130 valence electrons. The van der Waals surface area contributed by atoms with Gasteiger partial charge in [-0.15, -0.1) is 0 Å². The average Bonchev–Trinajstić information content (AvgIpc) is 2.85. The van der Waals surface area contributed by atoms with Crippen LogP contribution in [0, 0.1) is 0 Å². The molecular weight excluding hydrogens is 402 g/mol. The van der Waals surface area contributed by atoms with Gasteiger partial charge < -0.3 is 20.1 Å². The fourth-order valence-electron chi connectivity index (χ4n) is 2.15. The van der Waals surface area contributed by atoms with E-state index in [0.717, 1.165) is 0 Å². The minimum Gasteiger partial charge on any atom is -0.466 e. The van der Waals surface area contributed by atoms with Gasteiger partial charge in [-0.1, -0.05) is 46.4 Å². The first-order valence-electron chi connectivity index (χ1n) is 6.63. The zero-order chi connectivity index (χ0) is 18.0. The van der Waals surface area contributed by atoms with Gasteiger partial charge in [0.05, 0.1) is 51.6 Å². The molecule has 0 saturated carbocycles. The van der Waals surface area contributed by atoms with Gasteiger partial charge in [-0.05, 0) is 6.07 Å². The lowest BCUT2D eigenvalue weighted by atomic mass is 10.2. The van der Waals surface area contributed by atoms with Gasteiger partial charge in [0.25, 0.3) is 5.91 Å². The molecule has 0 bridgehead atoms. The van der Waals surface area contributed by atoms with Gasteiger partial charge in [0.1, 0.15) is 5.70 Å². The molecule has 0 radical (unpaired) electrons. The number of β-amino-alcohol motifs (C(OH)–C–C–N with tert-alkyl or cyclic N) is 1. The summed E-state index contributed by atoms with van der Waals surface area (Å²) < 4.78 is 4.69. The molecule has 0 unspecified atom stereocenters. The van der Waals surface area contributed by atoms with Crippen molar-refractivity contribution >= 4 is 64.0 Å². The maximum Gasteiger partial charge on any atom is 0.337 e. The number of hydrogen-bond donors (Lipinski definition) is 2. The molecule has 0 saturated heterocycles. The number of carbonyl (C=O) groups is 2. The number of carbonyl (C=O) groups excluding carboxylic acids is 2. The zero-order valence-corrected chi connectivity index (χ0v) is 15.4. The van der Waals surface area contributed by atoms with E-state index in [1.807, 2.05) is 0 Å². The first-order chi connectivity index (χ1) is 11.3. The number of amides is 1. The minimum atomic E-state index is -0.682. The van der Waals surface area contributed by atoms with Gasteiger partial charge in [-0.3, -0.25) is 4.79 Å². The van der Waals surface area contributed by atoms with E-state index in [2.05, 4.69) is 10.1 Å². The van der Waals surface area contributed by atoms with Gasteiger partial charge in [0.2, 0.25) is 0 Å². The molecular formula is C14H12Cl4N2O4. The maximum absolute atomic E-state index is 12.4. The molecule has 0 aliphatic carbocycles. The summed E-state index contributed by atoms with van der Waals surface area (Å²) in [6.07, 6.45) is 0. The monoisotopic (exact) mass is 412 g/mol. The fraction of sp³-hybridized carbons (Fsp3) is 0.286. The normalized spacial score (nSPS) is 14.4. The van der Waals surface area contributed by atoms with Crippen LogP contribution >= 0.6 is 46.4 Å². The van der Waals surface area contributed by atoms with Crippen molar-refractivity contribution in [2.24, 2.45) is 0 Å². The van der Waals surface area contributed by atoms with Crippen LogP contribution in [-0.2, 0) is 14.3 Å². The molecule has 10 heteroatoms. The highest BCUT2D eigenvalue weighted by molar-refractivity contribution is 6.51. The molecule has 2 rings (SSSR count). The summed E-state index contributed by atoms with van der Waals surface area (Å²) in [6.45, 7) is -0.194. The number of nitrogens with one attached hydrogen (secondary N) is 1. The summed E-state index contributed by atoms with van der Waals surface area (Å²) >= 11 is 24.1. The quantitative estimate of drug-likeness (QED) is 0.440. The van der Waals surface area contributed by atoms with Gasteiger partial charge >= 0.3 is 5.97 Å². The SMILES string of the molecule is COC(=O)C1=C(Nc2c(Cl)cc(Cl)c(Cl)c2Cl)C(=O)N(CCO)C1. The van der Waals surface area contributed by atoms with Crippen molar-refractivity contribution in [1.29, 1.82) is 0 Å². The topological polar surface area (TPSA) is 78.9 Å². The third kappa shape index (κ3) is 3.58. The number of ether oxygens (including phenoxy) is 1. The number of halogens is 4. The Labute approximate surface area is 157 Å². The summed E-state index contributed by atoms with van der Waals surface area (Å²) in [5.74, 6) is -1.18. The van der Waals surface area contributed by atoms with Crippen molar-refractivity contribution in [3.63, 3.8) is 0 Å². The van der Waals surface area contributed by atoms with E-state index in [1.165, 1.54) is 18.1 Å². The predicted molar refractivity (Wildman–Crippen MR) is 92.8 cm³/mol. The smallest absolute Gasteiger partial charge is 0.337 e. The highest BCUT2D eigenvalue weighted by Crippen LogP contribution is 2.42. The number of anilines is 1. The van der Waals surface area contributed by atoms with Crippen LogP contribution in [0.3, 0.4) is 0 Å². The van der Waals surface area contributed by atoms with E-state index < -0.39 is 11.9 Å². The Morgan fingerprint density at radius 1 is 1.29 bits per heavy atom. The Bertz CT molecular complexity index is 736. The predicted octanol–water partition coefficient (Wildman–Crippen LogP) is 2.97. The maximum atomic E-state index is 12.4. The van der Waals surface area contributed by atoms with E-state index in [1.54, 1.807) is 0 Å². The van der Waals surface area contributed by atoms with E-state index >= 15 is 0 Å². The average molecular weight is 414 g/mol. The van der Waals surface area contributed by atoms with Crippen LogP contribution < -0.4 is 5.32 Å². The molecule has 1 aliphatic rings. The molecule has 0 spiro atoms. The first kappa shape index (κ1) is 19.1. The van der Waals surface area contributed by atoms with Crippen molar-refractivity contribution in [3.8, 4) is 0 Å². The standard InChI is InChI=1S/C14H12Cl4N2O4/c1-24-14(23)6-5-20(2-3-21)13(22)11(6)19-12-8(16)4-7(15)9(17)10(12)18/h4,19,21H,2-3,5H2,1H3. The molecule has 1 heterocycles. The van der Waals surface area contributed by atoms with Gasteiger partial charge in [0.15, 0.2) is 0 Å². The number of nitrogens with zero attached hydrogens (tertiary/aromatic N) is 1. The van der Waals surface area contributed by atoms with Gasteiger partial charge in [-0.25, -0.2) is 4.79 Å². The van der Waals surface area contributed by atoms with Crippen LogP contribution in [0.2, 0.25) is 20.1 Å². The fourth-order valence-corrected chi connectivity index (χ4v) is 3.16. The van der Waals surface area contributed by atoms with Crippen molar-refractivity contribution in [2.75, 3.05) is 32.1 Å². The summed E-state index contributed by atoms with van der Waals surface area (Å²) in [4.78, 5) is 25.7. The van der Waals surface area contributed by atoms with Crippen LogP contribution in [0.15, 0.2) is 17.3 Å². The lowest BCUT2D eigenvalue weighted by Crippen LogP contribution is -2.31. The molecule has 6 nitrogen and oxygen atoms in total. The lowest BCUT2D eigenvalue weighted by Gasteiger charge is -2.16. The number of benzene rings is 1. The summed E-state index contributed by atoms with van der Waals surface area (Å²) in [6, 6.07) is 1.36. The Balaban J connectivity index is 2.47. The molecule has 1 aliphatic heterocycles. The van der Waals surface area contributed by atoms with E-state index in [-0.39, 0.29) is 56.7 Å². The van der Waals surface area contributed by atoms with Crippen LogP contribution in [0.5, 0.6) is 0 Å². The first-order valence-corrected chi connectivity index (χ1v) is 8.14. The van der Waals surface area contributed by atoms with Gasteiger partial charge in [0, 0.05) is 6.54 Å². The Morgan fingerprint density at radius 3 is 2.54 bits per heavy atom. The molecule has 0 atom stereocenters. The number of aliphatic hydroxyl groups excluding tert-OH is 1. The molecule has 0 fully saturated rings. The third-order valence-electron chi connectivity index (χ3n) is 3.32. The van der Waals surface area contributed by atoms with E-state index in [4.69, 9.17) is 51.5 Å². The van der Waals surface area contributed by atoms with Crippen LogP contribution in [-0.4, -0.2) is 48.7 Å². The van der Waals surface area contributed by atoms with E-state index in [9.17, 15) is 9.59 Å². The highest BCUT2D eigenvalue weighted by Gasteiger charge is 2.35. The van der Waals surface area contributed by atoms with E-state index in [0.29, 0.717) is 0 Å². The van der Waals surface area contributed by atoms with Crippen LogP contribution in [0.1, 0.15) is 0 Å². The van der Waals surface area contributed by atoms with Crippen LogP contribution in [0.4, 0.5) is 5.69 Å². The molecule has 0 aromatic heterocycles. The van der Waals surface area contributed by atoms with Crippen molar-refractivity contribution < 1.29 is 19.4 Å². The molecule has 24 heavy (non-hydrogen) atoms. The van der Waals surface area contributed by atoms with Gasteiger partial charge in [-0.2, -0.15) is 0 Å². The second-order valence-corrected chi connectivity index (χ2v) is 6.33. The summed E-state index contributed by atoms with van der Waals surface area (Å²) in [7, 11) is 1.20. The number of methoxy groups -OCH3 is 1. The molecule has 1 amide bonds. The number of esters is 1. The second-order valence-electron chi connectivity index (χ2n) is 4.76. The molecule has 1 aromatic rings. The summed E-state index contributed by atoms with van der Waals surface area (Å²) in [5.41, 5.74) is 0.190. The molecule has 2 N–H and O–H groups in total. The van der Waals surface area contributed by atoms with Crippen LogP contribution in [0.25, 0.3) is 0 Å². The Hall–Kier alpha value is -1.18. The van der Waals surface area contributed by atoms with Crippen molar-refractivity contribution in [3.05, 3.63) is 37.4 Å². The lowest BCUT2D eigenvalue weighted by molar-refractivity contribution is -0.136. The third-order valence-corrected chi connectivity index (χ3v) is 4.88. The largest absolute Gasteiger partial charge is 0.466 e. The molecule has 1 aromatic carbocycles. The summed E-state index contributed by atoms with van der Waals surface area (Å²) in [5, 5.41) is 12.1. The zero-order valence-electron chi connectivity index (χ0n) is 12.3. The highest BCUT2D eigenvalue weighted by atomic mass is 35.5. The number of rotatable bonds is 5. The Morgan fingerprint density at radius 2 is 1.96 bits per heavy atom. The number of aliphatic hydroxyl groups is 1. The second kappa shape index (κ2) is 7.80. The minimum absolute atomic E-state index is 0.00897. The van der Waals surface area contributed by atoms with Crippen molar-refractivity contribution in [1.82, 2.24) is 4.90 Å². The Kier molecular flexibility index (Phi) is 6.22. The van der Waals surface area contributed by atoms with Crippen molar-refractivity contribution in [2.45, 2.75) is 0 Å².